The van der Waals surface area contributed by atoms with E-state index in [1.165, 1.54) is 6.07 Å². The van der Waals surface area contributed by atoms with Crippen LogP contribution in [-0.2, 0) is 16.1 Å². The molecule has 1 unspecified atom stereocenters. The maximum absolute atomic E-state index is 12.8. The summed E-state index contributed by atoms with van der Waals surface area (Å²) in [7, 11) is 1.82. The third-order valence-electron chi connectivity index (χ3n) is 5.44. The molecule has 6 nitrogen and oxygen atoms in total. The number of amides is 2. The molecule has 0 aromatic carbocycles. The van der Waals surface area contributed by atoms with Gasteiger partial charge in [0.2, 0.25) is 11.8 Å². The zero-order chi connectivity index (χ0) is 17.3. The van der Waals surface area contributed by atoms with Crippen molar-refractivity contribution in [3.05, 3.63) is 34.2 Å². The molecule has 0 bridgehead atoms. The van der Waals surface area contributed by atoms with Crippen molar-refractivity contribution in [2.45, 2.75) is 51.1 Å². The summed E-state index contributed by atoms with van der Waals surface area (Å²) in [5.74, 6) is 0.0546. The van der Waals surface area contributed by atoms with Gasteiger partial charge in [0.05, 0.1) is 0 Å². The molecule has 130 valence electrons. The van der Waals surface area contributed by atoms with Crippen LogP contribution in [0.2, 0.25) is 0 Å². The molecule has 0 saturated carbocycles. The number of likely N-dealkylation sites (N-methyl/N-ethyl adjacent to an activating group) is 1. The van der Waals surface area contributed by atoms with Crippen molar-refractivity contribution in [2.24, 2.45) is 0 Å². The van der Waals surface area contributed by atoms with Gasteiger partial charge < -0.3 is 14.4 Å². The Balaban J connectivity index is 1.75. The molecule has 2 amide bonds. The van der Waals surface area contributed by atoms with Gasteiger partial charge >= 0.3 is 0 Å². The molecule has 1 spiro atoms. The molecule has 1 aromatic rings. The predicted molar refractivity (Wildman–Crippen MR) is 90.6 cm³/mol. The molecule has 2 aliphatic heterocycles. The van der Waals surface area contributed by atoms with Gasteiger partial charge in [-0.3, -0.25) is 14.4 Å². The van der Waals surface area contributed by atoms with E-state index in [0.29, 0.717) is 13.1 Å². The number of aryl methyl sites for hydroxylation is 1. The van der Waals surface area contributed by atoms with Crippen LogP contribution in [0.25, 0.3) is 0 Å². The summed E-state index contributed by atoms with van der Waals surface area (Å²) in [5.41, 5.74) is 0.119. The van der Waals surface area contributed by atoms with Gasteiger partial charge in [-0.25, -0.2) is 0 Å². The Kier molecular flexibility index (Phi) is 4.47. The molecule has 2 fully saturated rings. The highest BCUT2D eigenvalue weighted by atomic mass is 16.2. The van der Waals surface area contributed by atoms with Crippen molar-refractivity contribution in [3.63, 3.8) is 0 Å². The zero-order valence-corrected chi connectivity index (χ0v) is 14.5. The first kappa shape index (κ1) is 16.7. The van der Waals surface area contributed by atoms with Gasteiger partial charge in [-0.1, -0.05) is 6.07 Å². The van der Waals surface area contributed by atoms with E-state index in [0.717, 1.165) is 37.9 Å². The number of hydrogen-bond donors (Lipinski definition) is 0. The van der Waals surface area contributed by atoms with Crippen LogP contribution >= 0.6 is 0 Å². The zero-order valence-electron chi connectivity index (χ0n) is 14.5. The Hall–Kier alpha value is -2.11. The molecule has 1 atom stereocenters. The average molecular weight is 331 g/mol. The number of carbonyl (C=O) groups is 2. The highest BCUT2D eigenvalue weighted by Crippen LogP contribution is 2.38. The van der Waals surface area contributed by atoms with E-state index < -0.39 is 5.54 Å². The fourth-order valence-corrected chi connectivity index (χ4v) is 4.15. The second-order valence-corrected chi connectivity index (χ2v) is 6.92. The number of nitrogens with zero attached hydrogens (tertiary/aromatic N) is 3. The first-order valence-corrected chi connectivity index (χ1v) is 8.68. The molecule has 6 heteroatoms. The fourth-order valence-electron chi connectivity index (χ4n) is 4.15. The molecule has 0 N–H and O–H groups in total. The largest absolute Gasteiger partial charge is 0.344 e. The van der Waals surface area contributed by atoms with E-state index in [1.54, 1.807) is 20.4 Å². The number of aromatic nitrogens is 1. The van der Waals surface area contributed by atoms with Crippen LogP contribution in [-0.4, -0.2) is 51.9 Å². The molecule has 24 heavy (non-hydrogen) atoms. The van der Waals surface area contributed by atoms with Gasteiger partial charge in [-0.05, 0) is 38.7 Å². The number of piperidine rings is 1. The van der Waals surface area contributed by atoms with E-state index in [2.05, 4.69) is 0 Å². The fraction of sp³-hybridized carbons (Fsp3) is 0.611. The van der Waals surface area contributed by atoms with Crippen molar-refractivity contribution in [1.29, 1.82) is 0 Å². The SMILES string of the molecule is Cc1cccc(=O)n1CCC(=O)N1CCCC12CCCN(C)C2=O. The van der Waals surface area contributed by atoms with E-state index in [9.17, 15) is 14.4 Å². The van der Waals surface area contributed by atoms with Crippen LogP contribution in [0, 0.1) is 6.92 Å². The normalized spacial score (nSPS) is 24.0. The number of rotatable bonds is 3. The highest BCUT2D eigenvalue weighted by molar-refractivity contribution is 5.92. The number of pyridine rings is 1. The summed E-state index contributed by atoms with van der Waals surface area (Å²) in [4.78, 5) is 41.0. The van der Waals surface area contributed by atoms with E-state index >= 15 is 0 Å². The Morgan fingerprint density at radius 1 is 1.17 bits per heavy atom. The van der Waals surface area contributed by atoms with Gasteiger partial charge in [0, 0.05) is 44.9 Å². The van der Waals surface area contributed by atoms with Gasteiger partial charge in [0.15, 0.2) is 0 Å². The van der Waals surface area contributed by atoms with Crippen LogP contribution in [0.1, 0.15) is 37.8 Å². The topological polar surface area (TPSA) is 62.6 Å². The lowest BCUT2D eigenvalue weighted by Crippen LogP contribution is -2.60. The quantitative estimate of drug-likeness (QED) is 0.835. The lowest BCUT2D eigenvalue weighted by molar-refractivity contribution is -0.154. The maximum Gasteiger partial charge on any atom is 0.250 e. The summed E-state index contributed by atoms with van der Waals surface area (Å²) in [6.45, 7) is 3.63. The van der Waals surface area contributed by atoms with Crippen molar-refractivity contribution in [2.75, 3.05) is 20.1 Å². The number of carbonyl (C=O) groups excluding carboxylic acids is 2. The van der Waals surface area contributed by atoms with E-state index in [4.69, 9.17) is 0 Å². The van der Waals surface area contributed by atoms with Crippen LogP contribution < -0.4 is 5.56 Å². The first-order chi connectivity index (χ1) is 11.5. The minimum atomic E-state index is -0.638. The van der Waals surface area contributed by atoms with E-state index in [-0.39, 0.29) is 23.8 Å². The van der Waals surface area contributed by atoms with Crippen LogP contribution in [0.15, 0.2) is 23.0 Å². The predicted octanol–water partition coefficient (Wildman–Crippen LogP) is 1.16. The Bertz CT molecular complexity index is 712. The second-order valence-electron chi connectivity index (χ2n) is 6.92. The second kappa shape index (κ2) is 6.42. The third-order valence-corrected chi connectivity index (χ3v) is 5.44. The van der Waals surface area contributed by atoms with Crippen LogP contribution in [0.3, 0.4) is 0 Å². The summed E-state index contributed by atoms with van der Waals surface area (Å²) in [6.07, 6.45) is 3.57. The smallest absolute Gasteiger partial charge is 0.250 e. The van der Waals surface area contributed by atoms with Crippen molar-refractivity contribution < 1.29 is 9.59 Å². The maximum atomic E-state index is 12.8. The Morgan fingerprint density at radius 3 is 2.58 bits per heavy atom. The lowest BCUT2D eigenvalue weighted by atomic mass is 9.85. The molecule has 2 aliphatic rings. The number of likely N-dealkylation sites (tertiary alicyclic amines) is 2. The van der Waals surface area contributed by atoms with Crippen LogP contribution in [0.4, 0.5) is 0 Å². The minimum Gasteiger partial charge on any atom is -0.344 e. The molecule has 3 heterocycles. The lowest BCUT2D eigenvalue weighted by Gasteiger charge is -2.43. The van der Waals surface area contributed by atoms with Gasteiger partial charge in [-0.2, -0.15) is 0 Å². The van der Waals surface area contributed by atoms with Crippen molar-refractivity contribution in [1.82, 2.24) is 14.4 Å². The van der Waals surface area contributed by atoms with Crippen molar-refractivity contribution >= 4 is 11.8 Å². The summed E-state index contributed by atoms with van der Waals surface area (Å²) in [5, 5.41) is 0. The minimum absolute atomic E-state index is 0.0219. The molecule has 1 aromatic heterocycles. The van der Waals surface area contributed by atoms with Crippen LogP contribution in [0.5, 0.6) is 0 Å². The number of hydrogen-bond acceptors (Lipinski definition) is 3. The van der Waals surface area contributed by atoms with Gasteiger partial charge in [0.25, 0.3) is 5.56 Å². The Labute approximate surface area is 142 Å². The molecular formula is C18H25N3O3. The van der Waals surface area contributed by atoms with Gasteiger partial charge in [-0.15, -0.1) is 0 Å². The summed E-state index contributed by atoms with van der Waals surface area (Å²) in [6, 6.07) is 5.10. The van der Waals surface area contributed by atoms with Crippen molar-refractivity contribution in [3.8, 4) is 0 Å². The molecule has 3 rings (SSSR count). The van der Waals surface area contributed by atoms with E-state index in [1.807, 2.05) is 20.0 Å². The first-order valence-electron chi connectivity index (χ1n) is 8.68. The molecule has 0 aliphatic carbocycles. The van der Waals surface area contributed by atoms with Gasteiger partial charge in [0.1, 0.15) is 5.54 Å². The molecule has 2 saturated heterocycles. The Morgan fingerprint density at radius 2 is 1.88 bits per heavy atom. The standard InChI is InChI=1S/C18H25N3O3/c1-14-6-3-7-15(22)20(14)13-8-16(23)21-12-5-10-18(21)9-4-11-19(2)17(18)24/h3,6-7H,4-5,8-13H2,1-2H3. The summed E-state index contributed by atoms with van der Waals surface area (Å²) < 4.78 is 1.62. The average Bonchev–Trinajstić information content (AvgIpc) is 2.96. The summed E-state index contributed by atoms with van der Waals surface area (Å²) >= 11 is 0. The molecular weight excluding hydrogens is 306 g/mol. The highest BCUT2D eigenvalue weighted by Gasteiger charge is 2.51. The third kappa shape index (κ3) is 2.74. The molecule has 0 radical (unpaired) electrons. The monoisotopic (exact) mass is 331 g/mol.